The fraction of sp³-hybridized carbons (Fsp3) is 0.889. The van der Waals surface area contributed by atoms with E-state index in [9.17, 15) is 4.79 Å². The maximum atomic E-state index is 11.3. The summed E-state index contributed by atoms with van der Waals surface area (Å²) in [5.74, 6) is 0.630. The first kappa shape index (κ1) is 10.6. The average Bonchev–Trinajstić information content (AvgIpc) is 2.03. The molecule has 0 rings (SSSR count). The monoisotopic (exact) mass is 157 g/mol. The molecule has 1 N–H and O–H groups in total. The van der Waals surface area contributed by atoms with Crippen LogP contribution in [0.5, 0.6) is 0 Å². The molecule has 2 heteroatoms. The Balaban J connectivity index is 3.61. The molecule has 0 amide bonds. The maximum absolute atomic E-state index is 11.3. The van der Waals surface area contributed by atoms with Gasteiger partial charge in [0.1, 0.15) is 5.78 Å². The van der Waals surface area contributed by atoms with Gasteiger partial charge in [0.25, 0.3) is 0 Å². The van der Waals surface area contributed by atoms with E-state index in [0.717, 1.165) is 19.4 Å². The quantitative estimate of drug-likeness (QED) is 0.634. The predicted octanol–water partition coefficient (Wildman–Crippen LogP) is 1.60. The van der Waals surface area contributed by atoms with Crippen molar-refractivity contribution in [1.82, 2.24) is 5.32 Å². The van der Waals surface area contributed by atoms with Gasteiger partial charge in [0.15, 0.2) is 0 Å². The summed E-state index contributed by atoms with van der Waals surface area (Å²) in [6.07, 6.45) is 1.95. The summed E-state index contributed by atoms with van der Waals surface area (Å²) in [7, 11) is 0. The number of Topliss-reactive ketones (excluding diaryl/α,β-unsaturated/α-hetero) is 1. The van der Waals surface area contributed by atoms with E-state index < -0.39 is 0 Å². The summed E-state index contributed by atoms with van der Waals surface area (Å²) >= 11 is 0. The summed E-state index contributed by atoms with van der Waals surface area (Å²) in [5.41, 5.74) is 0. The third kappa shape index (κ3) is 4.14. The van der Waals surface area contributed by atoms with Gasteiger partial charge < -0.3 is 5.32 Å². The minimum absolute atomic E-state index is 0.272. The van der Waals surface area contributed by atoms with E-state index in [0.29, 0.717) is 12.3 Å². The molecular formula is C9H19NO. The van der Waals surface area contributed by atoms with E-state index in [2.05, 4.69) is 19.2 Å². The molecule has 0 aliphatic heterocycles. The average molecular weight is 157 g/mol. The van der Waals surface area contributed by atoms with Crippen LogP contribution in [0, 0.1) is 5.92 Å². The summed E-state index contributed by atoms with van der Waals surface area (Å²) in [5, 5.41) is 3.05. The van der Waals surface area contributed by atoms with Crippen molar-refractivity contribution in [1.29, 1.82) is 0 Å². The van der Waals surface area contributed by atoms with Crippen molar-refractivity contribution in [2.75, 3.05) is 13.1 Å². The van der Waals surface area contributed by atoms with Gasteiger partial charge in [-0.3, -0.25) is 4.79 Å². The van der Waals surface area contributed by atoms with Crippen LogP contribution < -0.4 is 5.32 Å². The standard InChI is InChI=1S/C9H19NO/c1-4-8(5-2)9(11)7-10-6-3/h8,10H,4-7H2,1-3H3. The Morgan fingerprint density at radius 3 is 2.18 bits per heavy atom. The van der Waals surface area contributed by atoms with E-state index in [1.807, 2.05) is 6.92 Å². The van der Waals surface area contributed by atoms with E-state index in [4.69, 9.17) is 0 Å². The highest BCUT2D eigenvalue weighted by atomic mass is 16.1. The molecule has 0 radical (unpaired) electrons. The highest BCUT2D eigenvalue weighted by molar-refractivity contribution is 5.82. The van der Waals surface area contributed by atoms with Crippen molar-refractivity contribution in [3.63, 3.8) is 0 Å². The topological polar surface area (TPSA) is 29.1 Å². The fourth-order valence-electron chi connectivity index (χ4n) is 1.14. The number of hydrogen-bond acceptors (Lipinski definition) is 2. The molecule has 0 bridgehead atoms. The molecule has 0 saturated heterocycles. The zero-order valence-corrected chi connectivity index (χ0v) is 7.81. The normalized spacial score (nSPS) is 10.5. The van der Waals surface area contributed by atoms with Gasteiger partial charge in [0.2, 0.25) is 0 Å². The van der Waals surface area contributed by atoms with E-state index in [1.165, 1.54) is 0 Å². The molecule has 0 atom stereocenters. The first-order valence-electron chi connectivity index (χ1n) is 4.49. The van der Waals surface area contributed by atoms with Crippen LogP contribution in [0.25, 0.3) is 0 Å². The van der Waals surface area contributed by atoms with Gasteiger partial charge in [-0.15, -0.1) is 0 Å². The Labute approximate surface area is 69.4 Å². The lowest BCUT2D eigenvalue weighted by Crippen LogP contribution is -2.27. The lowest BCUT2D eigenvalue weighted by molar-refractivity contribution is -0.122. The van der Waals surface area contributed by atoms with Crippen LogP contribution in [0.2, 0.25) is 0 Å². The number of carbonyl (C=O) groups excluding carboxylic acids is 1. The van der Waals surface area contributed by atoms with E-state index in [1.54, 1.807) is 0 Å². The SMILES string of the molecule is CCNCC(=O)C(CC)CC. The van der Waals surface area contributed by atoms with Crippen LogP contribution in [-0.2, 0) is 4.79 Å². The molecule has 0 aromatic rings. The lowest BCUT2D eigenvalue weighted by Gasteiger charge is -2.10. The summed E-state index contributed by atoms with van der Waals surface area (Å²) in [6, 6.07) is 0. The summed E-state index contributed by atoms with van der Waals surface area (Å²) in [6.45, 7) is 7.57. The summed E-state index contributed by atoms with van der Waals surface area (Å²) < 4.78 is 0. The lowest BCUT2D eigenvalue weighted by atomic mass is 9.98. The van der Waals surface area contributed by atoms with Crippen LogP contribution in [0.1, 0.15) is 33.6 Å². The molecule has 0 fully saturated rings. The molecule has 2 nitrogen and oxygen atoms in total. The Kier molecular flexibility index (Phi) is 6.13. The molecule has 0 aromatic carbocycles. The number of carbonyl (C=O) groups is 1. The largest absolute Gasteiger partial charge is 0.310 e. The van der Waals surface area contributed by atoms with E-state index in [-0.39, 0.29) is 5.92 Å². The Morgan fingerprint density at radius 1 is 1.27 bits per heavy atom. The molecule has 0 aliphatic rings. The Hall–Kier alpha value is -0.370. The predicted molar refractivity (Wildman–Crippen MR) is 47.6 cm³/mol. The number of hydrogen-bond donors (Lipinski definition) is 1. The molecular weight excluding hydrogens is 138 g/mol. The highest BCUT2D eigenvalue weighted by Gasteiger charge is 2.12. The number of nitrogens with one attached hydrogen (secondary N) is 1. The molecule has 0 aromatic heterocycles. The van der Waals surface area contributed by atoms with Gasteiger partial charge >= 0.3 is 0 Å². The molecule has 0 spiro atoms. The third-order valence-corrected chi connectivity index (χ3v) is 1.99. The van der Waals surface area contributed by atoms with Crippen molar-refractivity contribution in [2.24, 2.45) is 5.92 Å². The molecule has 0 saturated carbocycles. The minimum Gasteiger partial charge on any atom is -0.310 e. The maximum Gasteiger partial charge on any atom is 0.149 e. The van der Waals surface area contributed by atoms with E-state index >= 15 is 0 Å². The third-order valence-electron chi connectivity index (χ3n) is 1.99. The first-order valence-corrected chi connectivity index (χ1v) is 4.49. The second-order valence-corrected chi connectivity index (χ2v) is 2.76. The smallest absolute Gasteiger partial charge is 0.149 e. The second kappa shape index (κ2) is 6.35. The zero-order chi connectivity index (χ0) is 8.69. The highest BCUT2D eigenvalue weighted by Crippen LogP contribution is 2.07. The van der Waals surface area contributed by atoms with Gasteiger partial charge in [-0.25, -0.2) is 0 Å². The van der Waals surface area contributed by atoms with Crippen molar-refractivity contribution in [3.8, 4) is 0 Å². The van der Waals surface area contributed by atoms with Crippen molar-refractivity contribution in [2.45, 2.75) is 33.6 Å². The van der Waals surface area contributed by atoms with Crippen LogP contribution in [0.15, 0.2) is 0 Å². The number of ketones is 1. The molecule has 0 heterocycles. The Morgan fingerprint density at radius 2 is 1.82 bits per heavy atom. The van der Waals surface area contributed by atoms with Crippen LogP contribution in [0.4, 0.5) is 0 Å². The van der Waals surface area contributed by atoms with Gasteiger partial charge in [-0.05, 0) is 19.4 Å². The second-order valence-electron chi connectivity index (χ2n) is 2.76. The van der Waals surface area contributed by atoms with Gasteiger partial charge in [-0.2, -0.15) is 0 Å². The van der Waals surface area contributed by atoms with Crippen LogP contribution in [0.3, 0.4) is 0 Å². The van der Waals surface area contributed by atoms with Gasteiger partial charge in [0, 0.05) is 5.92 Å². The fourth-order valence-corrected chi connectivity index (χ4v) is 1.14. The van der Waals surface area contributed by atoms with Crippen molar-refractivity contribution >= 4 is 5.78 Å². The Bertz CT molecular complexity index is 108. The van der Waals surface area contributed by atoms with Crippen LogP contribution >= 0.6 is 0 Å². The molecule has 0 aliphatic carbocycles. The number of rotatable bonds is 6. The minimum atomic E-state index is 0.272. The van der Waals surface area contributed by atoms with Crippen molar-refractivity contribution < 1.29 is 4.79 Å². The summed E-state index contributed by atoms with van der Waals surface area (Å²) in [4.78, 5) is 11.3. The van der Waals surface area contributed by atoms with Gasteiger partial charge in [-0.1, -0.05) is 20.8 Å². The zero-order valence-electron chi connectivity index (χ0n) is 7.81. The number of likely N-dealkylation sites (N-methyl/N-ethyl adjacent to an activating group) is 1. The molecule has 0 unspecified atom stereocenters. The molecule has 11 heavy (non-hydrogen) atoms. The van der Waals surface area contributed by atoms with Crippen LogP contribution in [-0.4, -0.2) is 18.9 Å². The van der Waals surface area contributed by atoms with Gasteiger partial charge in [0.05, 0.1) is 6.54 Å². The first-order chi connectivity index (χ1) is 5.26. The van der Waals surface area contributed by atoms with Crippen molar-refractivity contribution in [3.05, 3.63) is 0 Å². The molecule has 66 valence electrons.